The van der Waals surface area contributed by atoms with Gasteiger partial charge in [0.25, 0.3) is 0 Å². The molecule has 3 rings (SSSR count). The Bertz CT molecular complexity index is 510. The zero-order valence-corrected chi connectivity index (χ0v) is 11.1. The lowest BCUT2D eigenvalue weighted by molar-refractivity contribution is 0.102. The number of benzene rings is 2. The van der Waals surface area contributed by atoms with E-state index in [1.165, 1.54) is 17.5 Å². The van der Waals surface area contributed by atoms with Crippen molar-refractivity contribution in [3.05, 3.63) is 71.8 Å². The fourth-order valence-electron chi connectivity index (χ4n) is 3.55. The van der Waals surface area contributed by atoms with Crippen molar-refractivity contribution >= 4 is 0 Å². The zero-order chi connectivity index (χ0) is 12.6. The lowest BCUT2D eigenvalue weighted by Crippen LogP contribution is -2.40. The summed E-state index contributed by atoms with van der Waals surface area (Å²) in [6.45, 7) is 4.79. The van der Waals surface area contributed by atoms with Crippen LogP contribution in [0.25, 0.3) is 0 Å². The molecular weight excluding hydrogens is 216 g/mol. The van der Waals surface area contributed by atoms with Crippen LogP contribution in [0.3, 0.4) is 0 Å². The van der Waals surface area contributed by atoms with Gasteiger partial charge in [-0.2, -0.15) is 0 Å². The van der Waals surface area contributed by atoms with Crippen LogP contribution in [0.5, 0.6) is 0 Å². The van der Waals surface area contributed by atoms with Crippen molar-refractivity contribution in [1.82, 2.24) is 0 Å². The van der Waals surface area contributed by atoms with Gasteiger partial charge in [0.1, 0.15) is 0 Å². The molecule has 18 heavy (non-hydrogen) atoms. The molecule has 0 heterocycles. The van der Waals surface area contributed by atoms with E-state index < -0.39 is 0 Å². The van der Waals surface area contributed by atoms with Gasteiger partial charge in [0, 0.05) is 0 Å². The van der Waals surface area contributed by atoms with E-state index >= 15 is 0 Å². The molecule has 1 aliphatic rings. The smallest absolute Gasteiger partial charge is 0.00414 e. The number of rotatable bonds is 2. The summed E-state index contributed by atoms with van der Waals surface area (Å²) >= 11 is 0. The van der Waals surface area contributed by atoms with Gasteiger partial charge in [0.2, 0.25) is 0 Å². The van der Waals surface area contributed by atoms with Crippen molar-refractivity contribution in [2.24, 2.45) is 5.41 Å². The van der Waals surface area contributed by atoms with Crippen LogP contribution in [0.2, 0.25) is 0 Å². The van der Waals surface area contributed by atoms with Crippen molar-refractivity contribution < 1.29 is 0 Å². The van der Waals surface area contributed by atoms with Crippen LogP contribution in [0.1, 0.15) is 43.2 Å². The molecule has 0 bridgehead atoms. The Labute approximate surface area is 110 Å². The zero-order valence-electron chi connectivity index (χ0n) is 11.1. The van der Waals surface area contributed by atoms with Crippen molar-refractivity contribution in [2.75, 3.05) is 0 Å². The van der Waals surface area contributed by atoms with Gasteiger partial charge in [-0.15, -0.1) is 0 Å². The lowest BCUT2D eigenvalue weighted by atomic mass is 9.52. The molecule has 0 radical (unpaired) electrons. The van der Waals surface area contributed by atoms with Crippen LogP contribution < -0.4 is 0 Å². The minimum Gasteiger partial charge on any atom is -0.0622 e. The molecule has 1 saturated carbocycles. The number of hydrogen-bond acceptors (Lipinski definition) is 0. The molecule has 0 aliphatic heterocycles. The van der Waals surface area contributed by atoms with Gasteiger partial charge < -0.3 is 0 Å². The van der Waals surface area contributed by atoms with Gasteiger partial charge in [0.15, 0.2) is 0 Å². The average Bonchev–Trinajstić information content (AvgIpc) is 2.38. The van der Waals surface area contributed by atoms with Crippen molar-refractivity contribution in [2.45, 2.75) is 32.1 Å². The summed E-state index contributed by atoms with van der Waals surface area (Å²) < 4.78 is 0. The maximum absolute atomic E-state index is 2.39. The summed E-state index contributed by atoms with van der Waals surface area (Å²) in [7, 11) is 0. The first-order valence-corrected chi connectivity index (χ1v) is 6.78. The fraction of sp³-hybridized carbons (Fsp3) is 0.333. The van der Waals surface area contributed by atoms with E-state index in [4.69, 9.17) is 0 Å². The van der Waals surface area contributed by atoms with Crippen LogP contribution in [0.4, 0.5) is 0 Å². The highest BCUT2D eigenvalue weighted by Gasteiger charge is 2.48. The lowest BCUT2D eigenvalue weighted by Gasteiger charge is -2.52. The highest BCUT2D eigenvalue weighted by molar-refractivity contribution is 5.35. The Morgan fingerprint density at radius 3 is 1.78 bits per heavy atom. The molecule has 0 N–H and O–H groups in total. The van der Waals surface area contributed by atoms with Crippen LogP contribution in [-0.4, -0.2) is 0 Å². The van der Waals surface area contributed by atoms with Crippen molar-refractivity contribution in [1.29, 1.82) is 0 Å². The highest BCUT2D eigenvalue weighted by atomic mass is 14.5. The normalized spacial score (nSPS) is 25.4. The van der Waals surface area contributed by atoms with Gasteiger partial charge >= 0.3 is 0 Å². The largest absolute Gasteiger partial charge is 0.0622 e. The van der Waals surface area contributed by atoms with Crippen LogP contribution in [-0.2, 0) is 0 Å². The Morgan fingerprint density at radius 2 is 1.28 bits per heavy atom. The van der Waals surface area contributed by atoms with Crippen molar-refractivity contribution in [3.63, 3.8) is 0 Å². The average molecular weight is 236 g/mol. The molecule has 0 aromatic heterocycles. The Balaban J connectivity index is 1.95. The topological polar surface area (TPSA) is 0 Å². The predicted molar refractivity (Wildman–Crippen MR) is 76.8 cm³/mol. The third-order valence-electron chi connectivity index (χ3n) is 4.38. The Kier molecular flexibility index (Phi) is 2.74. The summed E-state index contributed by atoms with van der Waals surface area (Å²) in [5.41, 5.74) is 3.40. The monoisotopic (exact) mass is 236 g/mol. The van der Waals surface area contributed by atoms with E-state index in [1.54, 1.807) is 0 Å². The van der Waals surface area contributed by atoms with Crippen molar-refractivity contribution in [3.8, 4) is 0 Å². The summed E-state index contributed by atoms with van der Waals surface area (Å²) in [5, 5.41) is 0. The van der Waals surface area contributed by atoms with Crippen LogP contribution in [0.15, 0.2) is 60.7 Å². The van der Waals surface area contributed by atoms with E-state index in [1.807, 2.05) is 0 Å². The van der Waals surface area contributed by atoms with Crippen LogP contribution >= 0.6 is 0 Å². The summed E-state index contributed by atoms with van der Waals surface area (Å²) in [5.74, 6) is 1.34. The fourth-order valence-corrected chi connectivity index (χ4v) is 3.55. The number of hydrogen-bond donors (Lipinski definition) is 0. The third kappa shape index (κ3) is 1.86. The molecule has 2 aromatic rings. The molecular formula is C18H20. The molecule has 0 spiro atoms. The molecule has 0 heteroatoms. The summed E-state index contributed by atoms with van der Waals surface area (Å²) in [4.78, 5) is 0. The molecule has 2 aromatic carbocycles. The van der Waals surface area contributed by atoms with E-state index in [2.05, 4.69) is 74.5 Å². The second-order valence-corrected chi connectivity index (χ2v) is 6.10. The third-order valence-corrected chi connectivity index (χ3v) is 4.38. The SMILES string of the molecule is CC1(C)C[C@H](c2ccccc2)[C@@H]1c1ccccc1. The first-order valence-electron chi connectivity index (χ1n) is 6.78. The van der Waals surface area contributed by atoms with E-state index in [0.717, 1.165) is 0 Å². The summed E-state index contributed by atoms with van der Waals surface area (Å²) in [6, 6.07) is 21.9. The van der Waals surface area contributed by atoms with Gasteiger partial charge in [-0.3, -0.25) is 0 Å². The second-order valence-electron chi connectivity index (χ2n) is 6.10. The minimum absolute atomic E-state index is 0.419. The quantitative estimate of drug-likeness (QED) is 0.689. The molecule has 1 aliphatic carbocycles. The second kappa shape index (κ2) is 4.28. The van der Waals surface area contributed by atoms with Gasteiger partial charge in [-0.25, -0.2) is 0 Å². The molecule has 0 saturated heterocycles. The van der Waals surface area contributed by atoms with E-state index in [0.29, 0.717) is 17.3 Å². The maximum Gasteiger partial charge on any atom is -0.00414 e. The molecule has 2 atom stereocenters. The van der Waals surface area contributed by atoms with E-state index in [-0.39, 0.29) is 0 Å². The van der Waals surface area contributed by atoms with Gasteiger partial charge in [-0.05, 0) is 34.8 Å². The Morgan fingerprint density at radius 1 is 0.778 bits per heavy atom. The molecule has 1 fully saturated rings. The standard InChI is InChI=1S/C18H20/c1-18(2)13-16(14-9-5-3-6-10-14)17(18)15-11-7-4-8-12-15/h3-12,16-17H,13H2,1-2H3/t16-,17+/m1/s1. The predicted octanol–water partition coefficient (Wildman–Crippen LogP) is 4.98. The Hall–Kier alpha value is -1.56. The van der Waals surface area contributed by atoms with Gasteiger partial charge in [0.05, 0.1) is 0 Å². The minimum atomic E-state index is 0.419. The highest BCUT2D eigenvalue weighted by Crippen LogP contribution is 2.60. The molecule has 0 nitrogen and oxygen atoms in total. The summed E-state index contributed by atoms with van der Waals surface area (Å²) in [6.07, 6.45) is 1.29. The molecule has 0 amide bonds. The molecule has 92 valence electrons. The van der Waals surface area contributed by atoms with Crippen LogP contribution in [0, 0.1) is 5.41 Å². The maximum atomic E-state index is 2.39. The van der Waals surface area contributed by atoms with Gasteiger partial charge in [-0.1, -0.05) is 74.5 Å². The first kappa shape index (κ1) is 11.5. The first-order chi connectivity index (χ1) is 8.68. The molecule has 0 unspecified atom stereocenters. The van der Waals surface area contributed by atoms with E-state index in [9.17, 15) is 0 Å².